The molecule has 0 aromatic heterocycles. The maximum Gasteiger partial charge on any atom is 0.256 e. The van der Waals surface area contributed by atoms with E-state index in [0.717, 1.165) is 29.3 Å². The third kappa shape index (κ3) is 3.66. The number of nitrogens with one attached hydrogen (secondary N) is 1. The third-order valence-electron chi connectivity index (χ3n) is 3.68. The molecule has 1 amide bonds. The molecule has 0 heterocycles. The minimum absolute atomic E-state index is 0.172. The third-order valence-corrected chi connectivity index (χ3v) is 3.68. The van der Waals surface area contributed by atoms with Gasteiger partial charge in [-0.3, -0.25) is 4.79 Å². The molecule has 3 aromatic rings. The highest BCUT2D eigenvalue weighted by atomic mass is 19.1. The maximum absolute atomic E-state index is 13.7. The molecular formula is C20H15F2NO. The van der Waals surface area contributed by atoms with E-state index >= 15 is 0 Å². The first-order valence-electron chi connectivity index (χ1n) is 7.52. The molecule has 0 unspecified atom stereocenters. The van der Waals surface area contributed by atoms with Crippen molar-refractivity contribution >= 4 is 11.6 Å². The second kappa shape index (κ2) is 7.04. The molecule has 0 spiro atoms. The van der Waals surface area contributed by atoms with Crippen molar-refractivity contribution in [2.75, 3.05) is 5.32 Å². The molecule has 0 saturated carbocycles. The Hall–Kier alpha value is -3.01. The Balaban J connectivity index is 1.86. The van der Waals surface area contributed by atoms with Gasteiger partial charge in [-0.25, -0.2) is 8.78 Å². The van der Waals surface area contributed by atoms with Crippen molar-refractivity contribution < 1.29 is 13.6 Å². The molecule has 2 nitrogen and oxygen atoms in total. The summed E-state index contributed by atoms with van der Waals surface area (Å²) in [7, 11) is 0. The fourth-order valence-corrected chi connectivity index (χ4v) is 2.49. The average molecular weight is 323 g/mol. The van der Waals surface area contributed by atoms with E-state index in [1.807, 2.05) is 42.5 Å². The highest BCUT2D eigenvalue weighted by Crippen LogP contribution is 2.19. The zero-order chi connectivity index (χ0) is 16.9. The van der Waals surface area contributed by atoms with Crippen LogP contribution in [-0.2, 0) is 6.42 Å². The molecule has 3 aromatic carbocycles. The monoisotopic (exact) mass is 323 g/mol. The van der Waals surface area contributed by atoms with Gasteiger partial charge in [-0.05, 0) is 35.7 Å². The van der Waals surface area contributed by atoms with Crippen molar-refractivity contribution in [2.24, 2.45) is 0 Å². The standard InChI is InChI=1S/C20H15F2NO/c21-16-10-11-18(22)19(13-16)23-20(24)17-9-5-4-8-15(17)12-14-6-2-1-3-7-14/h1-11,13H,12H2,(H,23,24). The number of halogens is 2. The molecule has 0 bridgehead atoms. The average Bonchev–Trinajstić information content (AvgIpc) is 2.59. The molecule has 0 fully saturated rings. The Bertz CT molecular complexity index is 863. The van der Waals surface area contributed by atoms with Gasteiger partial charge in [0.2, 0.25) is 0 Å². The SMILES string of the molecule is O=C(Nc1cc(F)ccc1F)c1ccccc1Cc1ccccc1. The Labute approximate surface area is 138 Å². The maximum atomic E-state index is 13.7. The topological polar surface area (TPSA) is 29.1 Å². The van der Waals surface area contributed by atoms with Crippen molar-refractivity contribution in [2.45, 2.75) is 6.42 Å². The summed E-state index contributed by atoms with van der Waals surface area (Å²) in [6.45, 7) is 0. The van der Waals surface area contributed by atoms with E-state index in [1.165, 1.54) is 0 Å². The lowest BCUT2D eigenvalue weighted by molar-refractivity contribution is 0.102. The minimum Gasteiger partial charge on any atom is -0.319 e. The molecule has 1 N–H and O–H groups in total. The van der Waals surface area contributed by atoms with E-state index in [-0.39, 0.29) is 5.69 Å². The number of hydrogen-bond acceptors (Lipinski definition) is 1. The van der Waals surface area contributed by atoms with Crippen LogP contribution in [0, 0.1) is 11.6 Å². The normalized spacial score (nSPS) is 10.4. The molecule has 120 valence electrons. The van der Waals surface area contributed by atoms with E-state index in [2.05, 4.69) is 5.32 Å². The number of rotatable bonds is 4. The summed E-state index contributed by atoms with van der Waals surface area (Å²) in [5.41, 5.74) is 2.15. The van der Waals surface area contributed by atoms with Gasteiger partial charge in [0.1, 0.15) is 11.6 Å². The van der Waals surface area contributed by atoms with Gasteiger partial charge in [0.05, 0.1) is 5.69 Å². The Kier molecular flexibility index (Phi) is 4.66. The van der Waals surface area contributed by atoms with Crippen LogP contribution in [0.1, 0.15) is 21.5 Å². The van der Waals surface area contributed by atoms with Crippen LogP contribution < -0.4 is 5.32 Å². The van der Waals surface area contributed by atoms with E-state index < -0.39 is 17.5 Å². The zero-order valence-corrected chi connectivity index (χ0v) is 12.8. The van der Waals surface area contributed by atoms with E-state index in [9.17, 15) is 13.6 Å². The molecule has 0 saturated heterocycles. The lowest BCUT2D eigenvalue weighted by atomic mass is 9.99. The molecule has 4 heteroatoms. The second-order valence-electron chi connectivity index (χ2n) is 5.40. The van der Waals surface area contributed by atoms with Crippen LogP contribution in [0.3, 0.4) is 0 Å². The summed E-state index contributed by atoms with van der Waals surface area (Å²) in [5, 5.41) is 2.44. The van der Waals surface area contributed by atoms with Crippen LogP contribution >= 0.6 is 0 Å². The fraction of sp³-hybridized carbons (Fsp3) is 0.0500. The number of benzene rings is 3. The lowest BCUT2D eigenvalue weighted by Gasteiger charge is -2.11. The van der Waals surface area contributed by atoms with Gasteiger partial charge < -0.3 is 5.32 Å². The quantitative estimate of drug-likeness (QED) is 0.733. The second-order valence-corrected chi connectivity index (χ2v) is 5.40. The summed E-state index contributed by atoms with van der Waals surface area (Å²) < 4.78 is 27.0. The van der Waals surface area contributed by atoms with Crippen molar-refractivity contribution in [1.29, 1.82) is 0 Å². The highest BCUT2D eigenvalue weighted by Gasteiger charge is 2.14. The number of carbonyl (C=O) groups excluding carboxylic acids is 1. The lowest BCUT2D eigenvalue weighted by Crippen LogP contribution is -2.15. The van der Waals surface area contributed by atoms with Crippen LogP contribution in [0.4, 0.5) is 14.5 Å². The number of anilines is 1. The molecule has 0 aliphatic carbocycles. The summed E-state index contributed by atoms with van der Waals surface area (Å²) >= 11 is 0. The minimum atomic E-state index is -0.676. The van der Waals surface area contributed by atoms with Crippen molar-refractivity contribution in [3.8, 4) is 0 Å². The van der Waals surface area contributed by atoms with Crippen molar-refractivity contribution in [3.63, 3.8) is 0 Å². The zero-order valence-electron chi connectivity index (χ0n) is 12.8. The van der Waals surface area contributed by atoms with Gasteiger partial charge >= 0.3 is 0 Å². The first-order valence-corrected chi connectivity index (χ1v) is 7.52. The van der Waals surface area contributed by atoms with Crippen molar-refractivity contribution in [1.82, 2.24) is 0 Å². The smallest absolute Gasteiger partial charge is 0.256 e. The predicted molar refractivity (Wildman–Crippen MR) is 90.0 cm³/mol. The van der Waals surface area contributed by atoms with Crippen LogP contribution in [0.2, 0.25) is 0 Å². The van der Waals surface area contributed by atoms with Crippen LogP contribution in [-0.4, -0.2) is 5.91 Å². The molecular weight excluding hydrogens is 308 g/mol. The van der Waals surface area contributed by atoms with Gasteiger partial charge in [-0.1, -0.05) is 48.5 Å². The molecule has 24 heavy (non-hydrogen) atoms. The number of hydrogen-bond donors (Lipinski definition) is 1. The first-order chi connectivity index (χ1) is 11.6. The van der Waals surface area contributed by atoms with Gasteiger partial charge in [0.15, 0.2) is 0 Å². The number of amides is 1. The Morgan fingerprint density at radius 1 is 0.875 bits per heavy atom. The van der Waals surface area contributed by atoms with E-state index in [0.29, 0.717) is 12.0 Å². The predicted octanol–water partition coefficient (Wildman–Crippen LogP) is 4.81. The largest absolute Gasteiger partial charge is 0.319 e. The van der Waals surface area contributed by atoms with Gasteiger partial charge in [0.25, 0.3) is 5.91 Å². The first kappa shape index (κ1) is 15.9. The van der Waals surface area contributed by atoms with Crippen LogP contribution in [0.25, 0.3) is 0 Å². The van der Waals surface area contributed by atoms with Crippen molar-refractivity contribution in [3.05, 3.63) is 101 Å². The Morgan fingerprint density at radius 3 is 2.38 bits per heavy atom. The molecule has 3 rings (SSSR count). The molecule has 0 aliphatic heterocycles. The summed E-state index contributed by atoms with van der Waals surface area (Å²) in [6.07, 6.45) is 0.579. The van der Waals surface area contributed by atoms with Gasteiger partial charge in [-0.2, -0.15) is 0 Å². The van der Waals surface area contributed by atoms with Gasteiger partial charge in [-0.15, -0.1) is 0 Å². The molecule has 0 atom stereocenters. The highest BCUT2D eigenvalue weighted by molar-refractivity contribution is 6.05. The fourth-order valence-electron chi connectivity index (χ4n) is 2.49. The van der Waals surface area contributed by atoms with Crippen LogP contribution in [0.5, 0.6) is 0 Å². The summed E-state index contributed by atoms with van der Waals surface area (Å²) in [6, 6.07) is 19.8. The Morgan fingerprint density at radius 2 is 1.58 bits per heavy atom. The molecule has 0 radical (unpaired) electrons. The number of carbonyl (C=O) groups is 1. The molecule has 0 aliphatic rings. The van der Waals surface area contributed by atoms with E-state index in [4.69, 9.17) is 0 Å². The van der Waals surface area contributed by atoms with Crippen LogP contribution in [0.15, 0.2) is 72.8 Å². The summed E-state index contributed by atoms with van der Waals surface area (Å²) in [4.78, 5) is 12.5. The van der Waals surface area contributed by atoms with Gasteiger partial charge in [0, 0.05) is 11.6 Å². The summed E-state index contributed by atoms with van der Waals surface area (Å²) in [5.74, 6) is -1.75. The van der Waals surface area contributed by atoms with E-state index in [1.54, 1.807) is 12.1 Å².